The van der Waals surface area contributed by atoms with Gasteiger partial charge in [0.05, 0.1) is 6.54 Å². The van der Waals surface area contributed by atoms with Gasteiger partial charge < -0.3 is 5.32 Å². The first-order valence-corrected chi connectivity index (χ1v) is 10.5. The molecule has 2 aliphatic rings. The molecule has 1 spiro atoms. The second-order valence-electron chi connectivity index (χ2n) is 7.90. The first-order chi connectivity index (χ1) is 13.3. The Labute approximate surface area is 168 Å². The first kappa shape index (κ1) is 18.9. The molecular weight excluding hydrogens is 372 g/mol. The molecule has 0 unspecified atom stereocenters. The number of nitrogens with one attached hydrogen (secondary N) is 1. The number of thiophene rings is 1. The molecule has 28 heavy (non-hydrogen) atoms. The number of fused-ring (bicyclic) bond motifs is 2. The predicted molar refractivity (Wildman–Crippen MR) is 109 cm³/mol. The number of carbonyl (C=O) groups is 3. The van der Waals surface area contributed by atoms with Gasteiger partial charge in [0, 0.05) is 16.0 Å². The van der Waals surface area contributed by atoms with Crippen LogP contribution < -0.4 is 5.32 Å². The molecule has 1 aromatic carbocycles. The summed E-state index contributed by atoms with van der Waals surface area (Å²) in [6.45, 7) is 7.61. The zero-order valence-corrected chi connectivity index (χ0v) is 17.5. The van der Waals surface area contributed by atoms with Crippen molar-refractivity contribution in [1.29, 1.82) is 0 Å². The molecule has 146 valence electrons. The Morgan fingerprint density at radius 1 is 1.18 bits per heavy atom. The summed E-state index contributed by atoms with van der Waals surface area (Å²) >= 11 is 1.62. The normalized spacial score (nSPS) is 21.2. The van der Waals surface area contributed by atoms with Gasteiger partial charge in [-0.05, 0) is 80.7 Å². The number of nitrogens with zero attached hydrogens (tertiary/aromatic N) is 1. The van der Waals surface area contributed by atoms with Crippen molar-refractivity contribution in [3.63, 3.8) is 0 Å². The standard InChI is InChI=1S/C22H24N2O3S/c1-12-10-13(2)19(15(4)14(12)3)17(25)11-24-20(26)22(23-21(24)27)8-5-6-18-16(22)7-9-28-18/h7,9-10H,5-6,8,11H2,1-4H3,(H,23,27)/t22-/m1/s1. The third-order valence-electron chi connectivity index (χ3n) is 6.27. The molecule has 1 N–H and O–H groups in total. The Balaban J connectivity index is 1.66. The van der Waals surface area contributed by atoms with E-state index in [-0.39, 0.29) is 18.2 Å². The lowest BCUT2D eigenvalue weighted by molar-refractivity contribution is -0.131. The van der Waals surface area contributed by atoms with Crippen molar-refractivity contribution in [3.05, 3.63) is 55.8 Å². The van der Waals surface area contributed by atoms with E-state index in [4.69, 9.17) is 0 Å². The number of hydrogen-bond donors (Lipinski definition) is 1. The number of ketones is 1. The molecule has 1 aliphatic carbocycles. The van der Waals surface area contributed by atoms with E-state index in [1.54, 1.807) is 11.3 Å². The summed E-state index contributed by atoms with van der Waals surface area (Å²) in [7, 11) is 0. The van der Waals surface area contributed by atoms with Gasteiger partial charge in [-0.2, -0.15) is 0 Å². The van der Waals surface area contributed by atoms with Crippen LogP contribution in [0.25, 0.3) is 0 Å². The molecule has 5 nitrogen and oxygen atoms in total. The number of carbonyl (C=O) groups excluding carboxylic acids is 3. The van der Waals surface area contributed by atoms with E-state index in [9.17, 15) is 14.4 Å². The van der Waals surface area contributed by atoms with Crippen LogP contribution in [-0.4, -0.2) is 29.2 Å². The number of imide groups is 1. The summed E-state index contributed by atoms with van der Waals surface area (Å²) in [5, 5.41) is 4.87. The summed E-state index contributed by atoms with van der Waals surface area (Å²) in [5.41, 5.74) is 4.51. The van der Waals surface area contributed by atoms with Gasteiger partial charge in [0.25, 0.3) is 5.91 Å². The smallest absolute Gasteiger partial charge is 0.319 e. The molecule has 1 saturated heterocycles. The maximum atomic E-state index is 13.3. The highest BCUT2D eigenvalue weighted by atomic mass is 32.1. The number of rotatable bonds is 3. The second kappa shape index (κ2) is 6.55. The highest BCUT2D eigenvalue weighted by Crippen LogP contribution is 2.42. The van der Waals surface area contributed by atoms with Crippen molar-refractivity contribution < 1.29 is 14.4 Å². The third-order valence-corrected chi connectivity index (χ3v) is 7.25. The lowest BCUT2D eigenvalue weighted by atomic mass is 9.80. The highest BCUT2D eigenvalue weighted by molar-refractivity contribution is 7.10. The van der Waals surface area contributed by atoms with E-state index >= 15 is 0 Å². The SMILES string of the molecule is Cc1cc(C)c(C(=O)CN2C(=O)N[C@@]3(CCCc4sccc43)C2=O)c(C)c1C. The quantitative estimate of drug-likeness (QED) is 0.631. The van der Waals surface area contributed by atoms with Crippen LogP contribution in [0.1, 0.15) is 55.9 Å². The van der Waals surface area contributed by atoms with Gasteiger partial charge in [-0.15, -0.1) is 11.3 Å². The fourth-order valence-corrected chi connectivity index (χ4v) is 5.62. The molecule has 0 bridgehead atoms. The van der Waals surface area contributed by atoms with Crippen molar-refractivity contribution in [2.75, 3.05) is 6.54 Å². The Morgan fingerprint density at radius 3 is 2.68 bits per heavy atom. The van der Waals surface area contributed by atoms with Crippen LogP contribution in [0, 0.1) is 27.7 Å². The van der Waals surface area contributed by atoms with Crippen LogP contribution in [0.4, 0.5) is 4.79 Å². The van der Waals surface area contributed by atoms with Crippen molar-refractivity contribution >= 4 is 29.1 Å². The minimum Gasteiger partial charge on any atom is -0.319 e. The minimum atomic E-state index is -1.00. The molecule has 0 saturated carbocycles. The van der Waals surface area contributed by atoms with E-state index in [0.717, 1.165) is 50.4 Å². The Kier molecular flexibility index (Phi) is 4.42. The number of aryl methyl sites for hydroxylation is 3. The molecule has 2 aromatic rings. The third kappa shape index (κ3) is 2.62. The zero-order valence-electron chi connectivity index (χ0n) is 16.6. The van der Waals surface area contributed by atoms with Crippen LogP contribution in [0.15, 0.2) is 17.5 Å². The van der Waals surface area contributed by atoms with Crippen molar-refractivity contribution in [1.82, 2.24) is 10.2 Å². The van der Waals surface area contributed by atoms with Crippen LogP contribution in [0.5, 0.6) is 0 Å². The lowest BCUT2D eigenvalue weighted by Gasteiger charge is -2.31. The van der Waals surface area contributed by atoms with Gasteiger partial charge >= 0.3 is 6.03 Å². The fourth-order valence-electron chi connectivity index (χ4n) is 4.62. The fraction of sp³-hybridized carbons (Fsp3) is 0.409. The summed E-state index contributed by atoms with van der Waals surface area (Å²) in [5.74, 6) is -0.496. The van der Waals surface area contributed by atoms with Gasteiger partial charge in [0.2, 0.25) is 0 Å². The summed E-state index contributed by atoms with van der Waals surface area (Å²) < 4.78 is 0. The van der Waals surface area contributed by atoms with Crippen LogP contribution >= 0.6 is 11.3 Å². The van der Waals surface area contributed by atoms with Crippen LogP contribution in [0.3, 0.4) is 0 Å². The largest absolute Gasteiger partial charge is 0.325 e. The van der Waals surface area contributed by atoms with E-state index in [1.165, 1.54) is 0 Å². The Morgan fingerprint density at radius 2 is 1.93 bits per heavy atom. The molecule has 6 heteroatoms. The van der Waals surface area contributed by atoms with E-state index in [2.05, 4.69) is 5.32 Å². The zero-order chi connectivity index (χ0) is 20.2. The van der Waals surface area contributed by atoms with Gasteiger partial charge in [0.15, 0.2) is 5.78 Å². The predicted octanol–water partition coefficient (Wildman–Crippen LogP) is 3.95. The monoisotopic (exact) mass is 396 g/mol. The van der Waals surface area contributed by atoms with E-state index in [1.807, 2.05) is 45.2 Å². The molecule has 1 aliphatic heterocycles. The number of amides is 3. The molecule has 4 rings (SSSR count). The van der Waals surface area contributed by atoms with Crippen molar-refractivity contribution in [2.45, 2.75) is 52.5 Å². The first-order valence-electron chi connectivity index (χ1n) is 9.58. The number of hydrogen-bond acceptors (Lipinski definition) is 4. The van der Waals surface area contributed by atoms with Crippen molar-refractivity contribution in [3.8, 4) is 0 Å². The molecule has 1 fully saturated rings. The average Bonchev–Trinajstić information content (AvgIpc) is 3.21. The number of urea groups is 1. The Bertz CT molecular complexity index is 1020. The molecule has 2 heterocycles. The maximum absolute atomic E-state index is 13.3. The van der Waals surface area contributed by atoms with Crippen LogP contribution in [-0.2, 0) is 16.8 Å². The average molecular weight is 397 g/mol. The highest BCUT2D eigenvalue weighted by Gasteiger charge is 2.54. The molecule has 3 amide bonds. The van der Waals surface area contributed by atoms with E-state index < -0.39 is 11.6 Å². The van der Waals surface area contributed by atoms with Crippen LogP contribution in [0.2, 0.25) is 0 Å². The summed E-state index contributed by atoms with van der Waals surface area (Å²) in [6.07, 6.45) is 2.35. The molecule has 1 aromatic heterocycles. The minimum absolute atomic E-state index is 0.194. The van der Waals surface area contributed by atoms with Gasteiger partial charge in [-0.25, -0.2) is 4.79 Å². The summed E-state index contributed by atoms with van der Waals surface area (Å²) in [4.78, 5) is 41.3. The number of Topliss-reactive ketones (excluding diaryl/α,β-unsaturated/α-hetero) is 1. The van der Waals surface area contributed by atoms with E-state index in [0.29, 0.717) is 12.0 Å². The van der Waals surface area contributed by atoms with Gasteiger partial charge in [0.1, 0.15) is 5.54 Å². The number of benzene rings is 1. The second-order valence-corrected chi connectivity index (χ2v) is 8.90. The molecular formula is C22H24N2O3S. The van der Waals surface area contributed by atoms with Gasteiger partial charge in [-0.1, -0.05) is 6.07 Å². The molecule has 0 radical (unpaired) electrons. The van der Waals surface area contributed by atoms with Crippen molar-refractivity contribution in [2.24, 2.45) is 0 Å². The maximum Gasteiger partial charge on any atom is 0.325 e. The summed E-state index contributed by atoms with van der Waals surface area (Å²) in [6, 6.07) is 3.44. The van der Waals surface area contributed by atoms with Gasteiger partial charge in [-0.3, -0.25) is 14.5 Å². The molecule has 1 atom stereocenters. The lowest BCUT2D eigenvalue weighted by Crippen LogP contribution is -2.46. The topological polar surface area (TPSA) is 66.5 Å². The Hall–Kier alpha value is -2.47.